The largest absolute Gasteiger partial charge is 0.383 e. The monoisotopic (exact) mass is 235 g/mol. The van der Waals surface area contributed by atoms with Crippen LogP contribution in [0.25, 0.3) is 10.9 Å². The lowest BCUT2D eigenvalue weighted by Crippen LogP contribution is -2.13. The number of hydrogen-bond acceptors (Lipinski definition) is 3. The van der Waals surface area contributed by atoms with Crippen LogP contribution < -0.4 is 11.1 Å². The number of aryl methyl sites for hydroxylation is 1. The van der Waals surface area contributed by atoms with Crippen LogP contribution in [0.1, 0.15) is 5.56 Å². The smallest absolute Gasteiger partial charge is 0.0766 e. The lowest BCUT2D eigenvalue weighted by Gasteiger charge is -2.10. The van der Waals surface area contributed by atoms with E-state index >= 15 is 0 Å². The van der Waals surface area contributed by atoms with Crippen LogP contribution in [-0.2, 0) is 0 Å². The Balaban J connectivity index is 2.61. The van der Waals surface area contributed by atoms with Crippen LogP contribution in [-0.4, -0.2) is 18.1 Å². The second-order valence-corrected chi connectivity index (χ2v) is 4.07. The van der Waals surface area contributed by atoms with Gasteiger partial charge in [-0.2, -0.15) is 0 Å². The number of halogens is 1. The van der Waals surface area contributed by atoms with Gasteiger partial charge in [-0.1, -0.05) is 17.7 Å². The number of rotatable bonds is 3. The first kappa shape index (κ1) is 11.2. The number of anilines is 1. The molecule has 0 aliphatic rings. The van der Waals surface area contributed by atoms with Gasteiger partial charge in [-0.3, -0.25) is 4.98 Å². The third-order valence-corrected chi connectivity index (χ3v) is 2.82. The van der Waals surface area contributed by atoms with E-state index in [1.54, 1.807) is 6.20 Å². The highest BCUT2D eigenvalue weighted by Gasteiger charge is 2.07. The predicted octanol–water partition coefficient (Wildman–Crippen LogP) is 2.57. The van der Waals surface area contributed by atoms with Gasteiger partial charge in [-0.05, 0) is 24.6 Å². The molecule has 4 heteroatoms. The highest BCUT2D eigenvalue weighted by atomic mass is 35.5. The van der Waals surface area contributed by atoms with Gasteiger partial charge in [-0.25, -0.2) is 0 Å². The minimum atomic E-state index is 0.591. The summed E-state index contributed by atoms with van der Waals surface area (Å²) >= 11 is 6.20. The van der Waals surface area contributed by atoms with Crippen LogP contribution in [0.4, 0.5) is 5.69 Å². The van der Waals surface area contributed by atoms with E-state index in [9.17, 15) is 0 Å². The van der Waals surface area contributed by atoms with Crippen LogP contribution in [0.15, 0.2) is 24.4 Å². The Morgan fingerprint density at radius 3 is 2.94 bits per heavy atom. The molecule has 3 N–H and O–H groups in total. The number of benzene rings is 1. The molecule has 0 saturated heterocycles. The molecule has 0 unspecified atom stereocenters. The molecule has 0 spiro atoms. The Morgan fingerprint density at radius 1 is 1.38 bits per heavy atom. The summed E-state index contributed by atoms with van der Waals surface area (Å²) < 4.78 is 0. The number of hydrogen-bond donors (Lipinski definition) is 2. The van der Waals surface area contributed by atoms with Crippen molar-refractivity contribution in [3.8, 4) is 0 Å². The molecule has 1 heterocycles. The van der Waals surface area contributed by atoms with Crippen molar-refractivity contribution >= 4 is 28.2 Å². The summed E-state index contributed by atoms with van der Waals surface area (Å²) in [6, 6.07) is 5.79. The number of fused-ring (bicyclic) bond motifs is 1. The van der Waals surface area contributed by atoms with E-state index in [-0.39, 0.29) is 0 Å². The number of pyridine rings is 1. The molecule has 0 saturated carbocycles. The van der Waals surface area contributed by atoms with Gasteiger partial charge in [0.05, 0.1) is 10.5 Å². The minimum Gasteiger partial charge on any atom is -0.383 e. The average molecular weight is 236 g/mol. The second kappa shape index (κ2) is 4.68. The number of nitrogens with one attached hydrogen (secondary N) is 1. The lowest BCUT2D eigenvalue weighted by atomic mass is 10.1. The fraction of sp³-hybridized carbons (Fsp3) is 0.250. The Kier molecular flexibility index (Phi) is 3.27. The van der Waals surface area contributed by atoms with Crippen molar-refractivity contribution in [1.29, 1.82) is 0 Å². The zero-order valence-corrected chi connectivity index (χ0v) is 9.88. The summed E-state index contributed by atoms with van der Waals surface area (Å²) in [6.07, 6.45) is 1.78. The van der Waals surface area contributed by atoms with Gasteiger partial charge >= 0.3 is 0 Å². The summed E-state index contributed by atoms with van der Waals surface area (Å²) in [6.45, 7) is 3.34. The zero-order chi connectivity index (χ0) is 11.5. The van der Waals surface area contributed by atoms with Crippen LogP contribution >= 0.6 is 11.6 Å². The molecule has 2 rings (SSSR count). The predicted molar refractivity (Wildman–Crippen MR) is 69.0 cm³/mol. The van der Waals surface area contributed by atoms with Gasteiger partial charge in [0, 0.05) is 30.4 Å². The summed E-state index contributed by atoms with van der Waals surface area (Å²) in [5.41, 5.74) is 8.53. The Morgan fingerprint density at radius 2 is 2.19 bits per heavy atom. The van der Waals surface area contributed by atoms with Gasteiger partial charge in [0.25, 0.3) is 0 Å². The van der Waals surface area contributed by atoms with Crippen molar-refractivity contribution in [3.05, 3.63) is 35.0 Å². The molecule has 1 aromatic heterocycles. The lowest BCUT2D eigenvalue weighted by molar-refractivity contribution is 1.03. The van der Waals surface area contributed by atoms with E-state index < -0.39 is 0 Å². The molecular formula is C12H14ClN3. The fourth-order valence-electron chi connectivity index (χ4n) is 1.72. The van der Waals surface area contributed by atoms with Gasteiger partial charge < -0.3 is 11.1 Å². The van der Waals surface area contributed by atoms with Crippen molar-refractivity contribution in [3.63, 3.8) is 0 Å². The highest BCUT2D eigenvalue weighted by molar-refractivity contribution is 6.36. The second-order valence-electron chi connectivity index (χ2n) is 3.66. The molecule has 3 nitrogen and oxygen atoms in total. The highest BCUT2D eigenvalue weighted by Crippen LogP contribution is 2.30. The summed E-state index contributed by atoms with van der Waals surface area (Å²) in [5, 5.41) is 4.94. The maximum atomic E-state index is 6.20. The number of nitrogens with zero attached hydrogens (tertiary/aromatic N) is 1. The van der Waals surface area contributed by atoms with Gasteiger partial charge in [0.15, 0.2) is 0 Å². The summed E-state index contributed by atoms with van der Waals surface area (Å²) in [7, 11) is 0. The third kappa shape index (κ3) is 1.96. The van der Waals surface area contributed by atoms with Crippen LogP contribution in [0, 0.1) is 6.92 Å². The molecule has 84 valence electrons. The SMILES string of the molecule is Cc1ccc(Cl)c2c(NCCN)ccnc12. The molecular weight excluding hydrogens is 222 g/mol. The van der Waals surface area contributed by atoms with Gasteiger partial charge in [-0.15, -0.1) is 0 Å². The van der Waals surface area contributed by atoms with Crippen LogP contribution in [0.2, 0.25) is 5.02 Å². The normalized spacial score (nSPS) is 10.7. The number of aromatic nitrogens is 1. The molecule has 0 aliphatic heterocycles. The molecule has 2 aromatic rings. The van der Waals surface area contributed by atoms with Gasteiger partial charge in [0.1, 0.15) is 0 Å². The molecule has 0 aliphatic carbocycles. The maximum absolute atomic E-state index is 6.20. The van der Waals surface area contributed by atoms with Crippen LogP contribution in [0.5, 0.6) is 0 Å². The van der Waals surface area contributed by atoms with Crippen molar-refractivity contribution in [2.45, 2.75) is 6.92 Å². The summed E-state index contributed by atoms with van der Waals surface area (Å²) in [4.78, 5) is 4.35. The van der Waals surface area contributed by atoms with Gasteiger partial charge in [0.2, 0.25) is 0 Å². The van der Waals surface area contributed by atoms with Crippen molar-refractivity contribution in [2.75, 3.05) is 18.4 Å². The molecule has 0 amide bonds. The molecule has 0 radical (unpaired) electrons. The fourth-order valence-corrected chi connectivity index (χ4v) is 1.97. The van der Waals surface area contributed by atoms with E-state index in [1.165, 1.54) is 0 Å². The summed E-state index contributed by atoms with van der Waals surface area (Å²) in [5.74, 6) is 0. The van der Waals surface area contributed by atoms with Crippen molar-refractivity contribution in [2.24, 2.45) is 5.73 Å². The average Bonchev–Trinajstić information content (AvgIpc) is 2.31. The van der Waals surface area contributed by atoms with Crippen LogP contribution in [0.3, 0.4) is 0 Å². The maximum Gasteiger partial charge on any atom is 0.0766 e. The minimum absolute atomic E-state index is 0.591. The molecule has 16 heavy (non-hydrogen) atoms. The molecule has 0 bridgehead atoms. The van der Waals surface area contributed by atoms with E-state index in [0.29, 0.717) is 11.6 Å². The Bertz CT molecular complexity index is 511. The van der Waals surface area contributed by atoms with Crippen molar-refractivity contribution < 1.29 is 0 Å². The van der Waals surface area contributed by atoms with E-state index in [2.05, 4.69) is 10.3 Å². The van der Waals surface area contributed by atoms with E-state index in [1.807, 2.05) is 25.1 Å². The standard InChI is InChI=1S/C12H14ClN3/c1-8-2-3-9(13)11-10(15-7-5-14)4-6-16-12(8)11/h2-4,6H,5,7,14H2,1H3,(H,15,16). The van der Waals surface area contributed by atoms with E-state index in [0.717, 1.165) is 28.7 Å². The molecule has 0 fully saturated rings. The Hall–Kier alpha value is -1.32. The third-order valence-electron chi connectivity index (χ3n) is 2.50. The first-order chi connectivity index (χ1) is 7.74. The zero-order valence-electron chi connectivity index (χ0n) is 9.13. The molecule has 0 atom stereocenters. The number of nitrogens with two attached hydrogens (primary N) is 1. The quantitative estimate of drug-likeness (QED) is 0.860. The van der Waals surface area contributed by atoms with Crippen molar-refractivity contribution in [1.82, 2.24) is 4.98 Å². The first-order valence-corrected chi connectivity index (χ1v) is 5.59. The van der Waals surface area contributed by atoms with E-state index in [4.69, 9.17) is 17.3 Å². The molecule has 1 aromatic carbocycles. The Labute approximate surface area is 99.6 Å². The topological polar surface area (TPSA) is 50.9 Å². The first-order valence-electron chi connectivity index (χ1n) is 5.22.